The number of benzene rings is 7. The minimum atomic E-state index is 0.0347. The quantitative estimate of drug-likeness (QED) is 0.0841. The van der Waals surface area contributed by atoms with Gasteiger partial charge in [0, 0.05) is 0 Å². The van der Waals surface area contributed by atoms with E-state index in [0.29, 0.717) is 46.3 Å². The van der Waals surface area contributed by atoms with Gasteiger partial charge in [-0.1, -0.05) is 121 Å². The molecule has 0 fully saturated rings. The zero-order valence-corrected chi connectivity index (χ0v) is 27.7. The number of aldehydes is 1. The fourth-order valence-corrected chi connectivity index (χ4v) is 3.16. The first-order valence-electron chi connectivity index (χ1n) is 15.4. The van der Waals surface area contributed by atoms with Crippen molar-refractivity contribution in [1.29, 1.82) is 0 Å². The monoisotopic (exact) mass is 686 g/mol. The van der Waals surface area contributed by atoms with Crippen LogP contribution in [-0.4, -0.2) is 42.0 Å². The Labute approximate surface area is 298 Å². The molecule has 7 rings (SSSR count). The van der Waals surface area contributed by atoms with E-state index < -0.39 is 0 Å². The molecule has 0 aliphatic carbocycles. The number of phenols is 7. The number of para-hydroxylation sites is 7. The van der Waals surface area contributed by atoms with E-state index in [0.717, 1.165) is 0 Å². The maximum atomic E-state index is 10.1. The molecule has 0 aromatic heterocycles. The lowest BCUT2D eigenvalue weighted by Crippen LogP contribution is -1.77. The van der Waals surface area contributed by atoms with Gasteiger partial charge in [0.1, 0.15) is 40.2 Å². The number of rotatable bonds is 1. The van der Waals surface area contributed by atoms with Gasteiger partial charge < -0.3 is 35.7 Å². The van der Waals surface area contributed by atoms with Crippen molar-refractivity contribution in [2.24, 2.45) is 0 Å². The molecule has 0 atom stereocenters. The summed E-state index contributed by atoms with van der Waals surface area (Å²) in [5.41, 5.74) is 0.331. The Balaban J connectivity index is 0.000000298. The van der Waals surface area contributed by atoms with Crippen LogP contribution in [0.1, 0.15) is 10.4 Å². The van der Waals surface area contributed by atoms with Gasteiger partial charge in [-0.25, -0.2) is 0 Å². The van der Waals surface area contributed by atoms with E-state index in [1.807, 2.05) is 36.4 Å². The molecular weight excluding hydrogens is 644 g/mol. The van der Waals surface area contributed by atoms with Crippen LogP contribution in [0.5, 0.6) is 40.2 Å². The SMILES string of the molecule is O=Cc1ccccc1O.Oc1ccccc1.Oc1ccccc1.Oc1ccccc1.Oc1ccccc1.Oc1ccccc1.Oc1ccccc1. The zero-order valence-electron chi connectivity index (χ0n) is 27.7. The average molecular weight is 687 g/mol. The van der Waals surface area contributed by atoms with Gasteiger partial charge in [-0.15, -0.1) is 0 Å². The van der Waals surface area contributed by atoms with E-state index in [-0.39, 0.29) is 5.75 Å². The Hall–Kier alpha value is -7.19. The molecule has 0 unspecified atom stereocenters. The third-order valence-corrected chi connectivity index (χ3v) is 5.60. The third-order valence-electron chi connectivity index (χ3n) is 5.60. The normalized spacial score (nSPS) is 8.63. The molecule has 7 N–H and O–H groups in total. The summed E-state index contributed by atoms with van der Waals surface area (Å²) < 4.78 is 0. The lowest BCUT2D eigenvalue weighted by atomic mass is 10.2. The Morgan fingerprint density at radius 1 is 0.255 bits per heavy atom. The third kappa shape index (κ3) is 24.6. The standard InChI is InChI=1S/C7H6O2.6C6H6O/c8-5-6-3-1-2-4-7(6)9;6*7-6-4-2-1-3-5-6/h1-5,9H;6*1-5,7H. The number of carbonyl (C=O) groups is 1. The highest BCUT2D eigenvalue weighted by molar-refractivity contribution is 5.78. The molecule has 262 valence electrons. The van der Waals surface area contributed by atoms with Gasteiger partial charge >= 0.3 is 0 Å². The van der Waals surface area contributed by atoms with E-state index in [2.05, 4.69) is 0 Å². The van der Waals surface area contributed by atoms with E-state index in [1.54, 1.807) is 164 Å². The van der Waals surface area contributed by atoms with Crippen molar-refractivity contribution in [2.75, 3.05) is 0 Å². The van der Waals surface area contributed by atoms with Crippen molar-refractivity contribution in [3.8, 4) is 40.2 Å². The molecule has 0 aliphatic rings. The second kappa shape index (κ2) is 27.9. The van der Waals surface area contributed by atoms with Crippen molar-refractivity contribution >= 4 is 6.29 Å². The highest BCUT2D eigenvalue weighted by Crippen LogP contribution is 2.12. The predicted octanol–water partition coefficient (Wildman–Crippen LogP) is 9.56. The molecule has 7 aromatic rings. The van der Waals surface area contributed by atoms with Gasteiger partial charge in [0.25, 0.3) is 0 Å². The second-order valence-corrected chi connectivity index (χ2v) is 9.69. The predicted molar refractivity (Wildman–Crippen MR) is 202 cm³/mol. The summed E-state index contributed by atoms with van der Waals surface area (Å²) in [5, 5.41) is 60.7. The van der Waals surface area contributed by atoms with Gasteiger partial charge in [-0.3, -0.25) is 4.79 Å². The minimum absolute atomic E-state index is 0.0347. The van der Waals surface area contributed by atoms with Crippen LogP contribution in [-0.2, 0) is 0 Å². The molecule has 0 heterocycles. The molecule has 8 nitrogen and oxygen atoms in total. The first-order valence-corrected chi connectivity index (χ1v) is 15.4. The Bertz CT molecular complexity index is 1500. The first-order chi connectivity index (χ1) is 24.7. The Morgan fingerprint density at radius 2 is 0.431 bits per heavy atom. The van der Waals surface area contributed by atoms with Crippen LogP contribution in [0.4, 0.5) is 0 Å². The van der Waals surface area contributed by atoms with Crippen LogP contribution in [0, 0.1) is 0 Å². The Morgan fingerprint density at radius 3 is 0.549 bits per heavy atom. The molecule has 0 bridgehead atoms. The first kappa shape index (κ1) is 41.8. The molecule has 0 saturated heterocycles. The lowest BCUT2D eigenvalue weighted by molar-refractivity contribution is 0.112. The highest BCUT2D eigenvalue weighted by Gasteiger charge is 1.93. The fourth-order valence-electron chi connectivity index (χ4n) is 3.16. The topological polar surface area (TPSA) is 159 Å². The van der Waals surface area contributed by atoms with Gasteiger partial charge in [0.2, 0.25) is 0 Å². The molecule has 0 spiro atoms. The Kier molecular flexibility index (Phi) is 22.9. The minimum Gasteiger partial charge on any atom is -0.508 e. The summed E-state index contributed by atoms with van der Waals surface area (Å²) in [7, 11) is 0. The summed E-state index contributed by atoms with van der Waals surface area (Å²) in [6.45, 7) is 0. The van der Waals surface area contributed by atoms with Gasteiger partial charge in [0.05, 0.1) is 5.56 Å². The summed E-state index contributed by atoms with van der Waals surface area (Å²) in [6, 6.07) is 58.7. The summed E-state index contributed by atoms with van der Waals surface area (Å²) in [5.74, 6) is 1.97. The molecule has 0 aliphatic heterocycles. The second-order valence-electron chi connectivity index (χ2n) is 9.69. The van der Waals surface area contributed by atoms with Gasteiger partial charge in [-0.2, -0.15) is 0 Å². The maximum absolute atomic E-state index is 10.1. The summed E-state index contributed by atoms with van der Waals surface area (Å²) in [6.07, 6.45) is 0.620. The van der Waals surface area contributed by atoms with Gasteiger partial charge in [-0.05, 0) is 84.9 Å². The van der Waals surface area contributed by atoms with E-state index in [1.165, 1.54) is 6.07 Å². The van der Waals surface area contributed by atoms with Crippen molar-refractivity contribution < 1.29 is 40.5 Å². The summed E-state index contributed by atoms with van der Waals surface area (Å²) in [4.78, 5) is 10.1. The van der Waals surface area contributed by atoms with Crippen LogP contribution < -0.4 is 0 Å². The van der Waals surface area contributed by atoms with E-state index in [9.17, 15) is 4.79 Å². The van der Waals surface area contributed by atoms with E-state index in [4.69, 9.17) is 35.7 Å². The molecule has 0 saturated carbocycles. The maximum Gasteiger partial charge on any atom is 0.153 e. The number of phenolic OH excluding ortho intramolecular Hbond substituents is 7. The molecule has 8 heteroatoms. The molecule has 0 radical (unpaired) electrons. The molecule has 51 heavy (non-hydrogen) atoms. The molecule has 7 aromatic carbocycles. The zero-order chi connectivity index (χ0) is 37.4. The number of aromatic hydroxyl groups is 7. The van der Waals surface area contributed by atoms with Crippen molar-refractivity contribution in [2.45, 2.75) is 0 Å². The molecule has 0 amide bonds. The van der Waals surface area contributed by atoms with E-state index >= 15 is 0 Å². The molecular formula is C43H42O8. The van der Waals surface area contributed by atoms with Crippen LogP contribution >= 0.6 is 0 Å². The number of hydrogen-bond donors (Lipinski definition) is 7. The van der Waals surface area contributed by atoms with Gasteiger partial charge in [0.15, 0.2) is 6.29 Å². The number of hydrogen-bond acceptors (Lipinski definition) is 8. The highest BCUT2D eigenvalue weighted by atomic mass is 16.3. The lowest BCUT2D eigenvalue weighted by Gasteiger charge is -1.91. The largest absolute Gasteiger partial charge is 0.508 e. The fraction of sp³-hybridized carbons (Fsp3) is 0. The van der Waals surface area contributed by atoms with Crippen molar-refractivity contribution in [1.82, 2.24) is 0 Å². The van der Waals surface area contributed by atoms with Crippen molar-refractivity contribution in [3.05, 3.63) is 212 Å². The van der Waals surface area contributed by atoms with Crippen LogP contribution in [0.25, 0.3) is 0 Å². The van der Waals surface area contributed by atoms with Crippen LogP contribution in [0.15, 0.2) is 206 Å². The van der Waals surface area contributed by atoms with Crippen LogP contribution in [0.2, 0.25) is 0 Å². The van der Waals surface area contributed by atoms with Crippen molar-refractivity contribution in [3.63, 3.8) is 0 Å². The number of carbonyl (C=O) groups excluding carboxylic acids is 1. The smallest absolute Gasteiger partial charge is 0.153 e. The average Bonchev–Trinajstić information content (AvgIpc) is 3.15. The summed E-state index contributed by atoms with van der Waals surface area (Å²) >= 11 is 0. The van der Waals surface area contributed by atoms with Crippen LogP contribution in [0.3, 0.4) is 0 Å².